The first-order valence-electron chi connectivity index (χ1n) is 5.86. The molecule has 2 atom stereocenters. The molecule has 0 saturated heterocycles. The van der Waals surface area contributed by atoms with E-state index in [-0.39, 0.29) is 17.9 Å². The van der Waals surface area contributed by atoms with Gasteiger partial charge in [-0.05, 0) is 18.8 Å². The molecule has 4 heteroatoms. The molecule has 0 heterocycles. The van der Waals surface area contributed by atoms with Crippen molar-refractivity contribution in [2.24, 2.45) is 11.7 Å². The number of nitrogens with one attached hydrogen (secondary N) is 1. The zero-order chi connectivity index (χ0) is 11.3. The third-order valence-corrected chi connectivity index (χ3v) is 3.19. The van der Waals surface area contributed by atoms with Gasteiger partial charge in [-0.2, -0.15) is 0 Å². The molecule has 0 spiro atoms. The first-order valence-corrected chi connectivity index (χ1v) is 5.86. The standard InChI is InChI=1S/C11H22N2O2/c1-3-8(2)10(12)11(14)13-15-9-6-4-5-7-9/h8-10H,3-7,12H2,1-2H3,(H,13,14)/t8?,10-/m0/s1. The molecule has 15 heavy (non-hydrogen) atoms. The molecule has 1 rings (SSSR count). The topological polar surface area (TPSA) is 64.4 Å². The molecule has 1 saturated carbocycles. The van der Waals surface area contributed by atoms with Crippen LogP contribution in [0.4, 0.5) is 0 Å². The Bertz CT molecular complexity index is 203. The van der Waals surface area contributed by atoms with E-state index in [4.69, 9.17) is 10.6 Å². The van der Waals surface area contributed by atoms with Gasteiger partial charge in [0.25, 0.3) is 5.91 Å². The van der Waals surface area contributed by atoms with E-state index in [1.807, 2.05) is 13.8 Å². The Hall–Kier alpha value is -0.610. The normalized spacial score (nSPS) is 21.3. The lowest BCUT2D eigenvalue weighted by Gasteiger charge is -2.19. The molecule has 1 aliphatic carbocycles. The van der Waals surface area contributed by atoms with E-state index in [1.165, 1.54) is 12.8 Å². The fraction of sp³-hybridized carbons (Fsp3) is 0.909. The summed E-state index contributed by atoms with van der Waals surface area (Å²) in [4.78, 5) is 16.8. The highest BCUT2D eigenvalue weighted by molar-refractivity contribution is 5.80. The number of carbonyl (C=O) groups is 1. The van der Waals surface area contributed by atoms with Gasteiger partial charge < -0.3 is 5.73 Å². The van der Waals surface area contributed by atoms with Crippen LogP contribution in [0.5, 0.6) is 0 Å². The Balaban J connectivity index is 2.22. The minimum absolute atomic E-state index is 0.192. The van der Waals surface area contributed by atoms with Gasteiger partial charge in [0.2, 0.25) is 0 Å². The molecule has 0 aromatic rings. The average molecular weight is 214 g/mol. The van der Waals surface area contributed by atoms with Gasteiger partial charge in [-0.1, -0.05) is 33.1 Å². The molecule has 0 aromatic heterocycles. The van der Waals surface area contributed by atoms with Crippen molar-refractivity contribution in [2.75, 3.05) is 0 Å². The van der Waals surface area contributed by atoms with Gasteiger partial charge in [-0.3, -0.25) is 9.63 Å². The average Bonchev–Trinajstić information content (AvgIpc) is 2.76. The molecule has 88 valence electrons. The van der Waals surface area contributed by atoms with Crippen molar-refractivity contribution in [3.63, 3.8) is 0 Å². The van der Waals surface area contributed by atoms with Gasteiger partial charge in [0, 0.05) is 0 Å². The lowest BCUT2D eigenvalue weighted by molar-refractivity contribution is -0.140. The lowest BCUT2D eigenvalue weighted by atomic mass is 10.00. The predicted molar refractivity (Wildman–Crippen MR) is 58.9 cm³/mol. The number of nitrogens with two attached hydrogens (primary N) is 1. The zero-order valence-electron chi connectivity index (χ0n) is 9.66. The van der Waals surface area contributed by atoms with Crippen molar-refractivity contribution in [2.45, 2.75) is 58.1 Å². The maximum Gasteiger partial charge on any atom is 0.260 e. The zero-order valence-corrected chi connectivity index (χ0v) is 9.66. The molecule has 1 fully saturated rings. The maximum absolute atomic E-state index is 11.5. The summed E-state index contributed by atoms with van der Waals surface area (Å²) >= 11 is 0. The molecular formula is C11H22N2O2. The third kappa shape index (κ3) is 3.80. The molecule has 1 unspecified atom stereocenters. The predicted octanol–water partition coefficient (Wildman–Crippen LogP) is 1.35. The minimum Gasteiger partial charge on any atom is -0.320 e. The van der Waals surface area contributed by atoms with Crippen LogP contribution >= 0.6 is 0 Å². The number of carbonyl (C=O) groups excluding carboxylic acids is 1. The maximum atomic E-state index is 11.5. The Kier molecular flexibility index (Phi) is 5.05. The van der Waals surface area contributed by atoms with E-state index in [0.717, 1.165) is 19.3 Å². The molecule has 3 N–H and O–H groups in total. The molecule has 1 amide bonds. The highest BCUT2D eigenvalue weighted by Gasteiger charge is 2.22. The molecule has 0 aliphatic heterocycles. The summed E-state index contributed by atoms with van der Waals surface area (Å²) in [5.41, 5.74) is 8.24. The number of hydrogen-bond donors (Lipinski definition) is 2. The van der Waals surface area contributed by atoms with Crippen molar-refractivity contribution in [3.8, 4) is 0 Å². The van der Waals surface area contributed by atoms with E-state index in [0.29, 0.717) is 0 Å². The van der Waals surface area contributed by atoms with Crippen LogP contribution in [0.15, 0.2) is 0 Å². The van der Waals surface area contributed by atoms with Gasteiger partial charge in [0.15, 0.2) is 0 Å². The summed E-state index contributed by atoms with van der Waals surface area (Å²) in [6.07, 6.45) is 5.56. The Labute approximate surface area is 91.5 Å². The number of amides is 1. The first kappa shape index (κ1) is 12.5. The third-order valence-electron chi connectivity index (χ3n) is 3.19. The lowest BCUT2D eigenvalue weighted by Crippen LogP contribution is -2.45. The van der Waals surface area contributed by atoms with Crippen LogP contribution in [-0.2, 0) is 9.63 Å². The van der Waals surface area contributed by atoms with Gasteiger partial charge in [0.1, 0.15) is 0 Å². The largest absolute Gasteiger partial charge is 0.320 e. The number of rotatable bonds is 5. The summed E-state index contributed by atoms with van der Waals surface area (Å²) in [7, 11) is 0. The van der Waals surface area contributed by atoms with Crippen molar-refractivity contribution in [1.82, 2.24) is 5.48 Å². The Morgan fingerprint density at radius 2 is 2.13 bits per heavy atom. The van der Waals surface area contributed by atoms with Crippen LogP contribution < -0.4 is 11.2 Å². The molecule has 4 nitrogen and oxygen atoms in total. The summed E-state index contributed by atoms with van der Waals surface area (Å²) in [6.45, 7) is 4.00. The fourth-order valence-corrected chi connectivity index (χ4v) is 1.73. The van der Waals surface area contributed by atoms with E-state index >= 15 is 0 Å². The van der Waals surface area contributed by atoms with Crippen LogP contribution in [0.25, 0.3) is 0 Å². The van der Waals surface area contributed by atoms with E-state index in [9.17, 15) is 4.79 Å². The van der Waals surface area contributed by atoms with Crippen molar-refractivity contribution >= 4 is 5.91 Å². The van der Waals surface area contributed by atoms with Crippen LogP contribution in [0.1, 0.15) is 46.0 Å². The molecule has 0 radical (unpaired) electrons. The first-order chi connectivity index (χ1) is 7.15. The van der Waals surface area contributed by atoms with Crippen molar-refractivity contribution < 1.29 is 9.63 Å². The van der Waals surface area contributed by atoms with E-state index in [1.54, 1.807) is 0 Å². The fourth-order valence-electron chi connectivity index (χ4n) is 1.73. The monoisotopic (exact) mass is 214 g/mol. The molecule has 0 aromatic carbocycles. The second kappa shape index (κ2) is 6.08. The molecule has 1 aliphatic rings. The number of hydrogen-bond acceptors (Lipinski definition) is 3. The summed E-state index contributed by atoms with van der Waals surface area (Å²) in [6, 6.07) is -0.462. The minimum atomic E-state index is -0.462. The molecular weight excluding hydrogens is 192 g/mol. The van der Waals surface area contributed by atoms with Crippen molar-refractivity contribution in [1.29, 1.82) is 0 Å². The van der Waals surface area contributed by atoms with Crippen LogP contribution in [0.2, 0.25) is 0 Å². The van der Waals surface area contributed by atoms with Crippen LogP contribution in [0.3, 0.4) is 0 Å². The Morgan fingerprint density at radius 1 is 1.53 bits per heavy atom. The van der Waals surface area contributed by atoms with Crippen molar-refractivity contribution in [3.05, 3.63) is 0 Å². The van der Waals surface area contributed by atoms with Gasteiger partial charge in [-0.15, -0.1) is 0 Å². The van der Waals surface area contributed by atoms with Gasteiger partial charge in [0.05, 0.1) is 12.1 Å². The second-order valence-corrected chi connectivity index (χ2v) is 4.40. The van der Waals surface area contributed by atoms with Gasteiger partial charge in [-0.25, -0.2) is 5.48 Å². The van der Waals surface area contributed by atoms with E-state index in [2.05, 4.69) is 5.48 Å². The van der Waals surface area contributed by atoms with Gasteiger partial charge >= 0.3 is 0 Å². The quantitative estimate of drug-likeness (QED) is 0.679. The summed E-state index contributed by atoms with van der Waals surface area (Å²) in [5.74, 6) is -0.00609. The SMILES string of the molecule is CCC(C)[C@H](N)C(=O)NOC1CCCC1. The van der Waals surface area contributed by atoms with Crippen LogP contribution in [0, 0.1) is 5.92 Å². The highest BCUT2D eigenvalue weighted by Crippen LogP contribution is 2.19. The highest BCUT2D eigenvalue weighted by atomic mass is 16.7. The number of hydroxylamine groups is 1. The summed E-state index contributed by atoms with van der Waals surface area (Å²) in [5, 5.41) is 0. The Morgan fingerprint density at radius 3 is 2.67 bits per heavy atom. The summed E-state index contributed by atoms with van der Waals surface area (Å²) < 4.78 is 0. The van der Waals surface area contributed by atoms with Crippen LogP contribution in [-0.4, -0.2) is 18.1 Å². The smallest absolute Gasteiger partial charge is 0.260 e. The molecule has 0 bridgehead atoms. The second-order valence-electron chi connectivity index (χ2n) is 4.40. The van der Waals surface area contributed by atoms with E-state index < -0.39 is 6.04 Å².